The molecule has 0 N–H and O–H groups in total. The Balaban J connectivity index is 2.86. The molecule has 0 aliphatic rings. The fraction of sp³-hybridized carbons (Fsp3) is 0.167. The Bertz CT molecular complexity index is 795. The van der Waals surface area contributed by atoms with Gasteiger partial charge < -0.3 is 4.74 Å². The molecule has 0 atom stereocenters. The van der Waals surface area contributed by atoms with E-state index in [1.54, 1.807) is 17.5 Å². The molecular weight excluding hydrogens is 318 g/mol. The topological polar surface area (TPSA) is 84.2 Å². The number of methoxy groups -OCH3 is 1. The highest BCUT2D eigenvalue weighted by Gasteiger charge is 2.29. The van der Waals surface area contributed by atoms with Crippen molar-refractivity contribution < 1.29 is 17.9 Å². The van der Waals surface area contributed by atoms with E-state index in [0.717, 1.165) is 17.6 Å². The Hall–Kier alpha value is -1.69. The van der Waals surface area contributed by atoms with Crippen molar-refractivity contribution in [2.75, 3.05) is 13.4 Å². The molecule has 0 aliphatic carbocycles. The highest BCUT2D eigenvalue weighted by Crippen LogP contribution is 2.41. The largest absolute Gasteiger partial charge is 0.465 e. The van der Waals surface area contributed by atoms with Crippen LogP contribution in [0.5, 0.6) is 0 Å². The molecule has 8 heteroatoms. The molecule has 0 saturated heterocycles. The van der Waals surface area contributed by atoms with Crippen LogP contribution in [0, 0.1) is 11.3 Å². The molecule has 0 bridgehead atoms. The second-order valence-corrected chi connectivity index (χ2v) is 8.00. The van der Waals surface area contributed by atoms with E-state index in [0.29, 0.717) is 10.4 Å². The number of carbonyl (C=O) groups excluding carboxylic acids is 1. The van der Waals surface area contributed by atoms with Crippen molar-refractivity contribution in [1.82, 2.24) is 0 Å². The first-order valence-corrected chi connectivity index (χ1v) is 8.88. The van der Waals surface area contributed by atoms with E-state index in [1.807, 2.05) is 6.07 Å². The van der Waals surface area contributed by atoms with E-state index in [4.69, 9.17) is 0 Å². The smallest absolute Gasteiger partial charge is 0.348 e. The highest BCUT2D eigenvalue weighted by atomic mass is 32.2. The van der Waals surface area contributed by atoms with Gasteiger partial charge in [0.25, 0.3) is 0 Å². The van der Waals surface area contributed by atoms with E-state index < -0.39 is 15.8 Å². The monoisotopic (exact) mass is 327 g/mol. The number of sulfone groups is 1. The zero-order valence-corrected chi connectivity index (χ0v) is 13.0. The Morgan fingerprint density at radius 3 is 2.60 bits per heavy atom. The zero-order valence-electron chi connectivity index (χ0n) is 10.5. The second kappa shape index (κ2) is 5.36. The minimum absolute atomic E-state index is 0.000324. The number of esters is 1. The summed E-state index contributed by atoms with van der Waals surface area (Å²) in [6.07, 6.45) is 1.01. The van der Waals surface area contributed by atoms with E-state index in [2.05, 4.69) is 4.74 Å². The maximum atomic E-state index is 11.8. The van der Waals surface area contributed by atoms with Gasteiger partial charge >= 0.3 is 5.97 Å². The molecule has 0 saturated carbocycles. The predicted molar refractivity (Wildman–Crippen MR) is 76.8 cm³/mol. The summed E-state index contributed by atoms with van der Waals surface area (Å²) in [5.41, 5.74) is 0.333. The van der Waals surface area contributed by atoms with Gasteiger partial charge in [-0.15, -0.1) is 22.7 Å². The number of ether oxygens (including phenoxy) is 1. The van der Waals surface area contributed by atoms with Gasteiger partial charge in [0.15, 0.2) is 9.84 Å². The van der Waals surface area contributed by atoms with Crippen LogP contribution in [-0.4, -0.2) is 27.8 Å². The number of rotatable bonds is 3. The summed E-state index contributed by atoms with van der Waals surface area (Å²) in [7, 11) is -2.37. The van der Waals surface area contributed by atoms with Gasteiger partial charge in [-0.3, -0.25) is 0 Å². The lowest BCUT2D eigenvalue weighted by Gasteiger charge is -2.00. The maximum Gasteiger partial charge on any atom is 0.348 e. The molecule has 0 unspecified atom stereocenters. The molecule has 104 valence electrons. The van der Waals surface area contributed by atoms with Crippen molar-refractivity contribution in [1.29, 1.82) is 5.26 Å². The van der Waals surface area contributed by atoms with Crippen molar-refractivity contribution in [3.63, 3.8) is 0 Å². The van der Waals surface area contributed by atoms with Crippen LogP contribution in [0.4, 0.5) is 0 Å². The van der Waals surface area contributed by atoms with Crippen molar-refractivity contribution in [3.8, 4) is 16.5 Å². The fourth-order valence-electron chi connectivity index (χ4n) is 1.67. The Morgan fingerprint density at radius 2 is 2.15 bits per heavy atom. The first-order valence-electron chi connectivity index (χ1n) is 5.29. The van der Waals surface area contributed by atoms with Gasteiger partial charge in [0, 0.05) is 16.7 Å². The van der Waals surface area contributed by atoms with Crippen molar-refractivity contribution in [2.45, 2.75) is 4.21 Å². The van der Waals surface area contributed by atoms with Crippen LogP contribution in [-0.2, 0) is 14.6 Å². The van der Waals surface area contributed by atoms with Gasteiger partial charge in [-0.05, 0) is 11.4 Å². The summed E-state index contributed by atoms with van der Waals surface area (Å²) in [6.45, 7) is 0. The number of thiophene rings is 2. The summed E-state index contributed by atoms with van der Waals surface area (Å²) >= 11 is 2.09. The predicted octanol–water partition coefficient (Wildman–Crippen LogP) is 2.54. The molecule has 0 radical (unpaired) electrons. The summed E-state index contributed by atoms with van der Waals surface area (Å²) in [5.74, 6) is -0.648. The molecule has 2 aromatic heterocycles. The van der Waals surface area contributed by atoms with Gasteiger partial charge in [0.05, 0.1) is 12.7 Å². The van der Waals surface area contributed by atoms with Crippen LogP contribution in [0.15, 0.2) is 21.7 Å². The fourth-order valence-corrected chi connectivity index (χ4v) is 4.80. The molecule has 2 heterocycles. The van der Waals surface area contributed by atoms with Crippen LogP contribution in [0.3, 0.4) is 0 Å². The molecule has 5 nitrogen and oxygen atoms in total. The number of hydrogen-bond acceptors (Lipinski definition) is 7. The highest BCUT2D eigenvalue weighted by molar-refractivity contribution is 7.92. The van der Waals surface area contributed by atoms with Gasteiger partial charge in [-0.1, -0.05) is 6.07 Å². The zero-order chi connectivity index (χ0) is 14.9. The molecule has 0 spiro atoms. The standard InChI is InChI=1S/C12H9NO4S3/c1-17-11(14)10-9(8-4-3-5-18-8)7(6-13)12(19-10)20(2,15)16/h3-5H,1-2H3. The number of hydrogen-bond donors (Lipinski definition) is 0. The van der Waals surface area contributed by atoms with E-state index >= 15 is 0 Å². The summed E-state index contributed by atoms with van der Waals surface area (Å²) in [6, 6.07) is 5.38. The maximum absolute atomic E-state index is 11.8. The average molecular weight is 327 g/mol. The first kappa shape index (κ1) is 14.7. The van der Waals surface area contributed by atoms with Gasteiger partial charge in [0.2, 0.25) is 0 Å². The van der Waals surface area contributed by atoms with E-state index in [9.17, 15) is 18.5 Å². The van der Waals surface area contributed by atoms with Crippen molar-refractivity contribution in [3.05, 3.63) is 28.0 Å². The lowest BCUT2D eigenvalue weighted by molar-refractivity contribution is 0.0607. The van der Waals surface area contributed by atoms with E-state index in [1.165, 1.54) is 18.4 Å². The van der Waals surface area contributed by atoms with Gasteiger partial charge in [-0.25, -0.2) is 13.2 Å². The van der Waals surface area contributed by atoms with Crippen LogP contribution < -0.4 is 0 Å². The van der Waals surface area contributed by atoms with Crippen LogP contribution >= 0.6 is 22.7 Å². The number of carbonyl (C=O) groups is 1. The minimum Gasteiger partial charge on any atom is -0.465 e. The van der Waals surface area contributed by atoms with Crippen molar-refractivity contribution in [2.24, 2.45) is 0 Å². The van der Waals surface area contributed by atoms with Crippen LogP contribution in [0.2, 0.25) is 0 Å². The molecule has 0 aliphatic heterocycles. The molecule has 0 amide bonds. The first-order chi connectivity index (χ1) is 9.40. The van der Waals surface area contributed by atoms with Gasteiger partial charge in [-0.2, -0.15) is 5.26 Å². The van der Waals surface area contributed by atoms with Gasteiger partial charge in [0.1, 0.15) is 15.2 Å². The second-order valence-electron chi connectivity index (χ2n) is 3.82. The molecule has 0 fully saturated rings. The SMILES string of the molecule is COC(=O)c1sc(S(C)(=O)=O)c(C#N)c1-c1cccs1. The molecule has 2 aromatic rings. The lowest BCUT2D eigenvalue weighted by atomic mass is 10.1. The average Bonchev–Trinajstić information content (AvgIpc) is 3.02. The minimum atomic E-state index is -3.59. The quantitative estimate of drug-likeness (QED) is 0.809. The third-order valence-electron chi connectivity index (χ3n) is 2.46. The summed E-state index contributed by atoms with van der Waals surface area (Å²) < 4.78 is 28.1. The third kappa shape index (κ3) is 2.47. The Kier molecular flexibility index (Phi) is 3.94. The van der Waals surface area contributed by atoms with Crippen LogP contribution in [0.25, 0.3) is 10.4 Å². The van der Waals surface area contributed by atoms with Crippen LogP contribution in [0.1, 0.15) is 15.2 Å². The van der Waals surface area contributed by atoms with E-state index in [-0.39, 0.29) is 14.6 Å². The summed E-state index contributed by atoms with van der Waals surface area (Å²) in [4.78, 5) is 12.6. The molecule has 20 heavy (non-hydrogen) atoms. The lowest BCUT2D eigenvalue weighted by Crippen LogP contribution is -1.99. The number of nitrogens with zero attached hydrogens (tertiary/aromatic N) is 1. The molecule has 0 aromatic carbocycles. The molecular formula is C12H9NO4S3. The Morgan fingerprint density at radius 1 is 1.45 bits per heavy atom. The summed E-state index contributed by atoms with van der Waals surface area (Å²) in [5, 5.41) is 11.1. The van der Waals surface area contributed by atoms with Crippen molar-refractivity contribution >= 4 is 38.5 Å². The Labute approximate surface area is 124 Å². The molecule has 2 rings (SSSR count). The number of nitriles is 1. The normalized spacial score (nSPS) is 11.1. The third-order valence-corrected chi connectivity index (χ3v) is 6.35.